The van der Waals surface area contributed by atoms with Crippen LogP contribution in [0.15, 0.2) is 48.5 Å². The summed E-state index contributed by atoms with van der Waals surface area (Å²) in [5, 5.41) is 5.39. The van der Waals surface area contributed by atoms with Gasteiger partial charge in [-0.25, -0.2) is 0 Å². The van der Waals surface area contributed by atoms with Gasteiger partial charge in [-0.15, -0.1) is 0 Å². The van der Waals surface area contributed by atoms with Gasteiger partial charge in [0.25, 0.3) is 5.91 Å². The summed E-state index contributed by atoms with van der Waals surface area (Å²) < 4.78 is 0. The number of hydrogen-bond acceptors (Lipinski definition) is 3. The summed E-state index contributed by atoms with van der Waals surface area (Å²) in [6.07, 6.45) is 0. The highest BCUT2D eigenvalue weighted by Gasteiger charge is 2.27. The van der Waals surface area contributed by atoms with Crippen LogP contribution in [0.3, 0.4) is 0 Å². The average Bonchev–Trinajstić information content (AvgIpc) is 2.53. The molecule has 0 aromatic heterocycles. The number of para-hydroxylation sites is 2. The Kier molecular flexibility index (Phi) is 3.80. The lowest BCUT2D eigenvalue weighted by Gasteiger charge is -2.29. The standard InChI is InChI=1S/C17H15N3O3/c1-11(21)18-13-8-6-12(7-9-13)17(23)20-10-16(22)19-14-4-2-3-5-15(14)20/h2-9H,10H2,1H3,(H,18,21)(H,19,22). The zero-order chi connectivity index (χ0) is 16.4. The molecule has 0 saturated heterocycles. The van der Waals surface area contributed by atoms with Crippen molar-refractivity contribution in [3.05, 3.63) is 54.1 Å². The second kappa shape index (κ2) is 5.92. The highest BCUT2D eigenvalue weighted by Crippen LogP contribution is 2.30. The molecule has 1 heterocycles. The molecule has 0 saturated carbocycles. The molecule has 6 nitrogen and oxygen atoms in total. The van der Waals surface area contributed by atoms with E-state index in [0.717, 1.165) is 0 Å². The number of fused-ring (bicyclic) bond motifs is 1. The quantitative estimate of drug-likeness (QED) is 0.893. The molecule has 1 aliphatic heterocycles. The number of nitrogens with zero attached hydrogens (tertiary/aromatic N) is 1. The Bertz CT molecular complexity index is 784. The highest BCUT2D eigenvalue weighted by atomic mass is 16.2. The number of rotatable bonds is 2. The minimum absolute atomic E-state index is 0.0245. The molecular formula is C17H15N3O3. The second-order valence-corrected chi connectivity index (χ2v) is 5.22. The van der Waals surface area contributed by atoms with E-state index in [0.29, 0.717) is 22.6 Å². The topological polar surface area (TPSA) is 78.5 Å². The van der Waals surface area contributed by atoms with Gasteiger partial charge in [0, 0.05) is 18.2 Å². The maximum Gasteiger partial charge on any atom is 0.258 e. The molecule has 0 bridgehead atoms. The van der Waals surface area contributed by atoms with E-state index in [1.54, 1.807) is 42.5 Å². The van der Waals surface area contributed by atoms with Gasteiger partial charge in [-0.1, -0.05) is 12.1 Å². The summed E-state index contributed by atoms with van der Waals surface area (Å²) in [7, 11) is 0. The van der Waals surface area contributed by atoms with E-state index in [1.807, 2.05) is 6.07 Å². The molecule has 3 rings (SSSR count). The third kappa shape index (κ3) is 3.06. The van der Waals surface area contributed by atoms with Crippen molar-refractivity contribution < 1.29 is 14.4 Å². The monoisotopic (exact) mass is 309 g/mol. The van der Waals surface area contributed by atoms with Crippen molar-refractivity contribution in [3.63, 3.8) is 0 Å². The maximum atomic E-state index is 12.7. The molecule has 116 valence electrons. The van der Waals surface area contributed by atoms with E-state index in [1.165, 1.54) is 11.8 Å². The zero-order valence-electron chi connectivity index (χ0n) is 12.5. The number of amides is 3. The number of carbonyl (C=O) groups is 3. The summed E-state index contributed by atoms with van der Waals surface area (Å²) in [6.45, 7) is 1.39. The molecule has 2 aromatic carbocycles. The van der Waals surface area contributed by atoms with Gasteiger partial charge in [-0.2, -0.15) is 0 Å². The van der Waals surface area contributed by atoms with Crippen LogP contribution < -0.4 is 15.5 Å². The maximum absolute atomic E-state index is 12.7. The van der Waals surface area contributed by atoms with Gasteiger partial charge in [0.15, 0.2) is 0 Å². The normalized spacial score (nSPS) is 13.1. The molecule has 0 atom stereocenters. The number of nitrogens with one attached hydrogen (secondary N) is 2. The lowest BCUT2D eigenvalue weighted by atomic mass is 10.1. The molecule has 23 heavy (non-hydrogen) atoms. The van der Waals surface area contributed by atoms with Gasteiger partial charge < -0.3 is 10.6 Å². The summed E-state index contributed by atoms with van der Waals surface area (Å²) in [5.41, 5.74) is 2.35. The Hall–Kier alpha value is -3.15. The van der Waals surface area contributed by atoms with Crippen LogP contribution in [0.1, 0.15) is 17.3 Å². The predicted molar refractivity (Wildman–Crippen MR) is 87.5 cm³/mol. The van der Waals surface area contributed by atoms with Gasteiger partial charge in [-0.3, -0.25) is 19.3 Å². The largest absolute Gasteiger partial charge is 0.326 e. The van der Waals surface area contributed by atoms with Crippen molar-refractivity contribution in [2.24, 2.45) is 0 Å². The fourth-order valence-corrected chi connectivity index (χ4v) is 2.47. The van der Waals surface area contributed by atoms with Crippen molar-refractivity contribution in [1.29, 1.82) is 0 Å². The van der Waals surface area contributed by atoms with Gasteiger partial charge in [0.2, 0.25) is 11.8 Å². The van der Waals surface area contributed by atoms with E-state index < -0.39 is 0 Å². The number of carbonyl (C=O) groups excluding carboxylic acids is 3. The fraction of sp³-hybridized carbons (Fsp3) is 0.118. The zero-order valence-corrected chi connectivity index (χ0v) is 12.5. The highest BCUT2D eigenvalue weighted by molar-refractivity contribution is 6.15. The van der Waals surface area contributed by atoms with Crippen molar-refractivity contribution >= 4 is 34.8 Å². The lowest BCUT2D eigenvalue weighted by Crippen LogP contribution is -2.42. The van der Waals surface area contributed by atoms with E-state index in [2.05, 4.69) is 10.6 Å². The van der Waals surface area contributed by atoms with Gasteiger partial charge >= 0.3 is 0 Å². The molecule has 3 amide bonds. The van der Waals surface area contributed by atoms with Crippen LogP contribution >= 0.6 is 0 Å². The molecule has 0 fully saturated rings. The van der Waals surface area contributed by atoms with Crippen LogP contribution in [0.5, 0.6) is 0 Å². The van der Waals surface area contributed by atoms with Gasteiger partial charge in [-0.05, 0) is 36.4 Å². The summed E-state index contributed by atoms with van der Waals surface area (Å²) in [6, 6.07) is 13.7. The van der Waals surface area contributed by atoms with Gasteiger partial charge in [0.05, 0.1) is 11.4 Å². The predicted octanol–water partition coefficient (Wildman–Crippen LogP) is 2.24. The van der Waals surface area contributed by atoms with E-state index in [9.17, 15) is 14.4 Å². The Morgan fingerprint density at radius 1 is 1.09 bits per heavy atom. The van der Waals surface area contributed by atoms with Crippen molar-refractivity contribution in [3.8, 4) is 0 Å². The first-order chi connectivity index (χ1) is 11.0. The lowest BCUT2D eigenvalue weighted by molar-refractivity contribution is -0.115. The number of hydrogen-bond donors (Lipinski definition) is 2. The number of benzene rings is 2. The first-order valence-electron chi connectivity index (χ1n) is 7.13. The number of anilines is 3. The molecule has 1 aliphatic rings. The third-order valence-corrected chi connectivity index (χ3v) is 3.47. The first kappa shape index (κ1) is 14.8. The van der Waals surface area contributed by atoms with E-state index in [-0.39, 0.29) is 24.3 Å². The van der Waals surface area contributed by atoms with Crippen molar-refractivity contribution in [2.75, 3.05) is 22.1 Å². The molecule has 0 unspecified atom stereocenters. The molecule has 0 aliphatic carbocycles. The Morgan fingerprint density at radius 2 is 1.78 bits per heavy atom. The molecule has 6 heteroatoms. The van der Waals surface area contributed by atoms with Crippen molar-refractivity contribution in [1.82, 2.24) is 0 Å². The molecule has 2 aromatic rings. The Labute approximate surface area is 133 Å². The van der Waals surface area contributed by atoms with Crippen LogP contribution in [-0.4, -0.2) is 24.3 Å². The van der Waals surface area contributed by atoms with Crippen molar-refractivity contribution in [2.45, 2.75) is 6.92 Å². The minimum atomic E-state index is -0.262. The Balaban J connectivity index is 1.88. The summed E-state index contributed by atoms with van der Waals surface area (Å²) in [5.74, 6) is -0.667. The van der Waals surface area contributed by atoms with Crippen LogP contribution in [0.2, 0.25) is 0 Å². The second-order valence-electron chi connectivity index (χ2n) is 5.22. The average molecular weight is 309 g/mol. The fourth-order valence-electron chi connectivity index (χ4n) is 2.47. The molecular weight excluding hydrogens is 294 g/mol. The van der Waals surface area contributed by atoms with Crippen LogP contribution in [-0.2, 0) is 9.59 Å². The summed E-state index contributed by atoms with van der Waals surface area (Å²) >= 11 is 0. The molecule has 0 spiro atoms. The smallest absolute Gasteiger partial charge is 0.258 e. The molecule has 0 radical (unpaired) electrons. The van der Waals surface area contributed by atoms with Crippen LogP contribution in [0, 0.1) is 0 Å². The minimum Gasteiger partial charge on any atom is -0.326 e. The SMILES string of the molecule is CC(=O)Nc1ccc(C(=O)N2CC(=O)Nc3ccccc32)cc1. The molecule has 2 N–H and O–H groups in total. The van der Waals surface area contributed by atoms with E-state index in [4.69, 9.17) is 0 Å². The third-order valence-electron chi connectivity index (χ3n) is 3.47. The van der Waals surface area contributed by atoms with Gasteiger partial charge in [0.1, 0.15) is 6.54 Å². The van der Waals surface area contributed by atoms with Crippen LogP contribution in [0.25, 0.3) is 0 Å². The first-order valence-corrected chi connectivity index (χ1v) is 7.13. The van der Waals surface area contributed by atoms with Crippen LogP contribution in [0.4, 0.5) is 17.1 Å². The Morgan fingerprint density at radius 3 is 2.48 bits per heavy atom. The summed E-state index contributed by atoms with van der Waals surface area (Å²) in [4.78, 5) is 37.0. The van der Waals surface area contributed by atoms with E-state index >= 15 is 0 Å².